The number of hydrogen-bond donors (Lipinski definition) is 2. The van der Waals surface area contributed by atoms with Gasteiger partial charge in [0.05, 0.1) is 25.8 Å². The molecule has 0 fully saturated rings. The Balaban J connectivity index is 1.59. The smallest absolute Gasteiger partial charge is 0.308 e. The third kappa shape index (κ3) is 6.77. The zero-order valence-corrected chi connectivity index (χ0v) is 18.9. The minimum absolute atomic E-state index is 0.235. The first kappa shape index (κ1) is 24.2. The number of carbonyl (C=O) groups excluding carboxylic acids is 3. The van der Waals surface area contributed by atoms with Crippen LogP contribution < -0.4 is 20.2 Å². The molecule has 0 saturated carbocycles. The predicted molar refractivity (Wildman–Crippen MR) is 128 cm³/mol. The molecule has 174 valence electrons. The molecule has 0 aliphatic carbocycles. The van der Waals surface area contributed by atoms with E-state index < -0.39 is 17.8 Å². The number of amides is 2. The van der Waals surface area contributed by atoms with Crippen molar-refractivity contribution in [2.24, 2.45) is 5.10 Å². The molecule has 0 aromatic heterocycles. The normalized spacial score (nSPS) is 10.7. The summed E-state index contributed by atoms with van der Waals surface area (Å²) in [7, 11) is 1.45. The van der Waals surface area contributed by atoms with Crippen LogP contribution in [0.5, 0.6) is 11.5 Å². The molecule has 0 unspecified atom stereocenters. The molecule has 0 radical (unpaired) electrons. The van der Waals surface area contributed by atoms with Crippen LogP contribution in [0.15, 0.2) is 84.0 Å². The van der Waals surface area contributed by atoms with E-state index in [9.17, 15) is 14.4 Å². The largest absolute Gasteiger partial charge is 0.493 e. The van der Waals surface area contributed by atoms with Gasteiger partial charge in [-0.05, 0) is 34.9 Å². The van der Waals surface area contributed by atoms with Crippen LogP contribution in [0.25, 0.3) is 0 Å². The van der Waals surface area contributed by atoms with E-state index in [4.69, 9.17) is 9.47 Å². The Morgan fingerprint density at radius 1 is 0.912 bits per heavy atom. The lowest BCUT2D eigenvalue weighted by Gasteiger charge is -2.17. The van der Waals surface area contributed by atoms with Crippen molar-refractivity contribution in [1.82, 2.24) is 10.7 Å². The fraction of sp³-hybridized carbons (Fsp3) is 0.154. The number of nitrogens with zero attached hydrogens (tertiary/aromatic N) is 1. The van der Waals surface area contributed by atoms with Gasteiger partial charge in [-0.15, -0.1) is 0 Å². The van der Waals surface area contributed by atoms with Gasteiger partial charge in [0.1, 0.15) is 0 Å². The lowest BCUT2D eigenvalue weighted by molar-refractivity contribution is -0.132. The van der Waals surface area contributed by atoms with Crippen LogP contribution in [-0.4, -0.2) is 37.7 Å². The van der Waals surface area contributed by atoms with Crippen LogP contribution in [0.4, 0.5) is 0 Å². The van der Waals surface area contributed by atoms with Crippen molar-refractivity contribution in [2.75, 3.05) is 13.7 Å². The van der Waals surface area contributed by atoms with Crippen molar-refractivity contribution >= 4 is 24.0 Å². The van der Waals surface area contributed by atoms with Gasteiger partial charge >= 0.3 is 5.97 Å². The van der Waals surface area contributed by atoms with Crippen molar-refractivity contribution in [3.63, 3.8) is 0 Å². The van der Waals surface area contributed by atoms with Crippen LogP contribution in [0, 0.1) is 0 Å². The molecule has 3 aromatic carbocycles. The fourth-order valence-electron chi connectivity index (χ4n) is 3.28. The van der Waals surface area contributed by atoms with Crippen LogP contribution in [-0.2, 0) is 14.4 Å². The maximum atomic E-state index is 12.9. The topological polar surface area (TPSA) is 106 Å². The molecule has 0 aliphatic rings. The summed E-state index contributed by atoms with van der Waals surface area (Å²) in [5.74, 6) is -1.14. The molecular weight excluding hydrogens is 434 g/mol. The molecule has 2 N–H and O–H groups in total. The van der Waals surface area contributed by atoms with Gasteiger partial charge in [-0.2, -0.15) is 5.10 Å². The number of esters is 1. The number of methoxy groups -OCH3 is 1. The van der Waals surface area contributed by atoms with Crippen LogP contribution in [0.2, 0.25) is 0 Å². The van der Waals surface area contributed by atoms with Gasteiger partial charge in [0.25, 0.3) is 5.91 Å². The summed E-state index contributed by atoms with van der Waals surface area (Å²) in [5.41, 5.74) is 4.65. The number of ether oxygens (including phenoxy) is 2. The molecule has 0 heterocycles. The summed E-state index contributed by atoms with van der Waals surface area (Å²) in [6, 6.07) is 23.6. The van der Waals surface area contributed by atoms with E-state index in [0.29, 0.717) is 11.3 Å². The molecule has 0 saturated heterocycles. The molecule has 0 atom stereocenters. The zero-order valence-electron chi connectivity index (χ0n) is 18.9. The highest BCUT2D eigenvalue weighted by atomic mass is 16.6. The van der Waals surface area contributed by atoms with Crippen LogP contribution >= 0.6 is 0 Å². The molecule has 8 nitrogen and oxygen atoms in total. The Morgan fingerprint density at radius 2 is 1.53 bits per heavy atom. The van der Waals surface area contributed by atoms with E-state index in [1.54, 1.807) is 18.2 Å². The van der Waals surface area contributed by atoms with Gasteiger partial charge in [0.2, 0.25) is 5.91 Å². The average molecular weight is 460 g/mol. The first-order valence-corrected chi connectivity index (χ1v) is 10.5. The summed E-state index contributed by atoms with van der Waals surface area (Å²) in [6.07, 6.45) is 1.41. The SMILES string of the molecule is COc1cc(/C=N/NC(=O)CNC(=O)C(c2ccccc2)c2ccccc2)ccc1OC(C)=O. The van der Waals surface area contributed by atoms with E-state index in [1.807, 2.05) is 60.7 Å². The lowest BCUT2D eigenvalue weighted by Crippen LogP contribution is -2.37. The van der Waals surface area contributed by atoms with Gasteiger partial charge in [-0.25, -0.2) is 5.43 Å². The fourth-order valence-corrected chi connectivity index (χ4v) is 3.28. The molecule has 8 heteroatoms. The molecule has 2 amide bonds. The Bertz CT molecular complexity index is 1120. The second-order valence-corrected chi connectivity index (χ2v) is 7.27. The Hall–Kier alpha value is -4.46. The third-order valence-electron chi connectivity index (χ3n) is 4.80. The second-order valence-electron chi connectivity index (χ2n) is 7.27. The van der Waals surface area contributed by atoms with Gasteiger partial charge in [0, 0.05) is 6.92 Å². The first-order valence-electron chi connectivity index (χ1n) is 10.5. The van der Waals surface area contributed by atoms with Crippen molar-refractivity contribution in [3.05, 3.63) is 95.6 Å². The number of benzene rings is 3. The molecule has 34 heavy (non-hydrogen) atoms. The lowest BCUT2D eigenvalue weighted by atomic mass is 9.90. The van der Waals surface area contributed by atoms with E-state index in [0.717, 1.165) is 11.1 Å². The molecular formula is C26H25N3O5. The van der Waals surface area contributed by atoms with Gasteiger partial charge < -0.3 is 14.8 Å². The van der Waals surface area contributed by atoms with E-state index in [2.05, 4.69) is 15.8 Å². The Kier molecular flexibility index (Phi) is 8.51. The van der Waals surface area contributed by atoms with Gasteiger partial charge in [-0.3, -0.25) is 14.4 Å². The Labute approximate surface area is 197 Å². The second kappa shape index (κ2) is 12.0. The van der Waals surface area contributed by atoms with Crippen molar-refractivity contribution in [1.29, 1.82) is 0 Å². The summed E-state index contributed by atoms with van der Waals surface area (Å²) < 4.78 is 10.3. The van der Waals surface area contributed by atoms with Crippen molar-refractivity contribution < 1.29 is 23.9 Å². The van der Waals surface area contributed by atoms with E-state index in [1.165, 1.54) is 20.2 Å². The molecule has 0 aliphatic heterocycles. The van der Waals surface area contributed by atoms with Gasteiger partial charge in [0.15, 0.2) is 11.5 Å². The van der Waals surface area contributed by atoms with E-state index in [-0.39, 0.29) is 18.2 Å². The summed E-state index contributed by atoms with van der Waals surface area (Å²) in [5, 5.41) is 6.59. The summed E-state index contributed by atoms with van der Waals surface area (Å²) in [6.45, 7) is 1.06. The highest BCUT2D eigenvalue weighted by Crippen LogP contribution is 2.27. The predicted octanol–water partition coefficient (Wildman–Crippen LogP) is 3.02. The summed E-state index contributed by atoms with van der Waals surface area (Å²) >= 11 is 0. The first-order chi connectivity index (χ1) is 16.5. The van der Waals surface area contributed by atoms with Crippen LogP contribution in [0.3, 0.4) is 0 Å². The number of carbonyl (C=O) groups is 3. The monoisotopic (exact) mass is 459 g/mol. The maximum Gasteiger partial charge on any atom is 0.308 e. The zero-order chi connectivity index (χ0) is 24.3. The van der Waals surface area contributed by atoms with Crippen molar-refractivity contribution in [2.45, 2.75) is 12.8 Å². The molecule has 3 aromatic rings. The summed E-state index contributed by atoms with van der Waals surface area (Å²) in [4.78, 5) is 36.3. The van der Waals surface area contributed by atoms with Crippen molar-refractivity contribution in [3.8, 4) is 11.5 Å². The van der Waals surface area contributed by atoms with Gasteiger partial charge in [-0.1, -0.05) is 60.7 Å². The van der Waals surface area contributed by atoms with Crippen LogP contribution in [0.1, 0.15) is 29.5 Å². The average Bonchev–Trinajstić information content (AvgIpc) is 2.85. The van der Waals surface area contributed by atoms with E-state index >= 15 is 0 Å². The number of hydrazone groups is 1. The molecule has 0 spiro atoms. The Morgan fingerprint density at radius 3 is 2.09 bits per heavy atom. The number of hydrogen-bond acceptors (Lipinski definition) is 6. The number of nitrogens with one attached hydrogen (secondary N) is 2. The standard InChI is InChI=1S/C26H25N3O5/c1-18(30)34-22-14-13-19(15-23(22)33-2)16-28-29-24(31)17-27-26(32)25(20-9-5-3-6-10-20)21-11-7-4-8-12-21/h3-16,25H,17H2,1-2H3,(H,27,32)(H,29,31)/b28-16+. The quantitative estimate of drug-likeness (QED) is 0.221. The molecule has 0 bridgehead atoms. The maximum absolute atomic E-state index is 12.9. The highest BCUT2D eigenvalue weighted by molar-refractivity contribution is 5.91. The highest BCUT2D eigenvalue weighted by Gasteiger charge is 2.22. The number of rotatable bonds is 9. The third-order valence-corrected chi connectivity index (χ3v) is 4.80. The molecule has 3 rings (SSSR count). The minimum Gasteiger partial charge on any atom is -0.493 e. The minimum atomic E-state index is -0.540.